The molecule has 5 nitrogen and oxygen atoms in total. The minimum atomic E-state index is -3.65. The Hall–Kier alpha value is -2.31. The third kappa shape index (κ3) is 3.70. The van der Waals surface area contributed by atoms with Crippen molar-refractivity contribution in [3.63, 3.8) is 0 Å². The Bertz CT molecular complexity index is 964. The summed E-state index contributed by atoms with van der Waals surface area (Å²) in [6.45, 7) is 2.10. The molecule has 0 aliphatic carbocycles. The highest BCUT2D eigenvalue weighted by Gasteiger charge is 2.32. The minimum absolute atomic E-state index is 0.212. The van der Waals surface area contributed by atoms with Gasteiger partial charge in [-0.15, -0.1) is 0 Å². The van der Waals surface area contributed by atoms with E-state index >= 15 is 0 Å². The second-order valence-corrected chi connectivity index (χ2v) is 7.64. The molecule has 1 aliphatic heterocycles. The molecule has 0 fully saturated rings. The summed E-state index contributed by atoms with van der Waals surface area (Å²) >= 11 is 5.99. The summed E-state index contributed by atoms with van der Waals surface area (Å²) in [5, 5.41) is 0.483. The fourth-order valence-corrected chi connectivity index (χ4v) is 4.32. The third-order valence-electron chi connectivity index (χ3n) is 3.86. The first-order chi connectivity index (χ1) is 11.9. The average molecular weight is 377 g/mol. The van der Waals surface area contributed by atoms with E-state index in [0.717, 1.165) is 11.3 Å². The number of rotatable bonds is 4. The van der Waals surface area contributed by atoms with Gasteiger partial charge >= 0.3 is 0 Å². The molecule has 0 spiro atoms. The lowest BCUT2D eigenvalue weighted by atomic mass is 10.1. The molecule has 130 valence electrons. The maximum Gasteiger partial charge on any atom is 0.264 e. The molecule has 25 heavy (non-hydrogen) atoms. The van der Waals surface area contributed by atoms with Crippen LogP contribution in [-0.4, -0.2) is 21.4 Å². The van der Waals surface area contributed by atoms with E-state index in [1.807, 2.05) is 24.3 Å². The van der Waals surface area contributed by atoms with Crippen LogP contribution in [0.1, 0.15) is 18.1 Å². The molecule has 1 heterocycles. The SMILES string of the molecule is COc1ccc(CN=C2NS(=O)(=O)C(c3cccc(Cl)c3)=C2C)cc1. The highest BCUT2D eigenvalue weighted by Crippen LogP contribution is 2.31. The molecule has 0 atom stereocenters. The van der Waals surface area contributed by atoms with Gasteiger partial charge in [0.2, 0.25) is 0 Å². The molecule has 0 bridgehead atoms. The normalized spacial score (nSPS) is 17.6. The van der Waals surface area contributed by atoms with Gasteiger partial charge in [0, 0.05) is 10.6 Å². The standard InChI is InChI=1S/C18H17ClN2O3S/c1-12-17(14-4-3-5-15(19)10-14)25(22,23)21-18(12)20-11-13-6-8-16(24-2)9-7-13/h3-10H,11H2,1-2H3,(H,20,21). The monoisotopic (exact) mass is 376 g/mol. The van der Waals surface area contributed by atoms with Crippen molar-refractivity contribution >= 4 is 32.4 Å². The summed E-state index contributed by atoms with van der Waals surface area (Å²) in [6.07, 6.45) is 0. The number of methoxy groups -OCH3 is 1. The van der Waals surface area contributed by atoms with E-state index < -0.39 is 10.0 Å². The summed E-state index contributed by atoms with van der Waals surface area (Å²) < 4.78 is 32.6. The molecule has 7 heteroatoms. The zero-order chi connectivity index (χ0) is 18.0. The van der Waals surface area contributed by atoms with E-state index in [9.17, 15) is 8.42 Å². The highest BCUT2D eigenvalue weighted by atomic mass is 35.5. The number of sulfonamides is 1. The zero-order valence-electron chi connectivity index (χ0n) is 13.8. The fourth-order valence-electron chi connectivity index (χ4n) is 2.62. The minimum Gasteiger partial charge on any atom is -0.497 e. The number of ether oxygens (including phenoxy) is 1. The molecule has 1 aliphatic rings. The number of halogens is 1. The summed E-state index contributed by atoms with van der Waals surface area (Å²) in [6, 6.07) is 14.2. The molecule has 0 aromatic heterocycles. The first-order valence-electron chi connectivity index (χ1n) is 7.58. The summed E-state index contributed by atoms with van der Waals surface area (Å²) in [7, 11) is -2.04. The molecule has 0 radical (unpaired) electrons. The van der Waals surface area contributed by atoms with Crippen LogP contribution in [0.5, 0.6) is 5.75 Å². The number of nitrogens with one attached hydrogen (secondary N) is 1. The van der Waals surface area contributed by atoms with Gasteiger partial charge in [-0.25, -0.2) is 8.42 Å². The summed E-state index contributed by atoms with van der Waals surface area (Å²) in [4.78, 5) is 4.63. The maximum absolute atomic E-state index is 12.5. The van der Waals surface area contributed by atoms with Gasteiger partial charge in [-0.05, 0) is 42.3 Å². The average Bonchev–Trinajstić information content (AvgIpc) is 2.82. The molecule has 0 amide bonds. The van der Waals surface area contributed by atoms with Crippen molar-refractivity contribution in [1.29, 1.82) is 0 Å². The van der Waals surface area contributed by atoms with Gasteiger partial charge < -0.3 is 4.74 Å². The van der Waals surface area contributed by atoms with Gasteiger partial charge in [0.15, 0.2) is 0 Å². The van der Waals surface area contributed by atoms with Crippen LogP contribution in [0.15, 0.2) is 59.1 Å². The topological polar surface area (TPSA) is 67.8 Å². The molecule has 0 saturated heterocycles. The lowest BCUT2D eigenvalue weighted by Gasteiger charge is -2.03. The van der Waals surface area contributed by atoms with E-state index in [2.05, 4.69) is 9.71 Å². The Morgan fingerprint density at radius 1 is 1.16 bits per heavy atom. The lowest BCUT2D eigenvalue weighted by molar-refractivity contribution is 0.414. The second kappa shape index (κ2) is 6.90. The van der Waals surface area contributed by atoms with Crippen molar-refractivity contribution in [2.75, 3.05) is 7.11 Å². The highest BCUT2D eigenvalue weighted by molar-refractivity contribution is 8.00. The number of hydrogen-bond donors (Lipinski definition) is 1. The number of aliphatic imine (C=N–C) groups is 1. The Labute approximate surface area is 152 Å². The van der Waals surface area contributed by atoms with E-state index in [1.54, 1.807) is 38.3 Å². The number of benzene rings is 2. The Morgan fingerprint density at radius 2 is 1.88 bits per heavy atom. The molecule has 2 aromatic rings. The van der Waals surface area contributed by atoms with Crippen molar-refractivity contribution in [3.8, 4) is 5.75 Å². The summed E-state index contributed by atoms with van der Waals surface area (Å²) in [5.74, 6) is 1.11. The van der Waals surface area contributed by atoms with E-state index in [0.29, 0.717) is 28.5 Å². The predicted molar refractivity (Wildman–Crippen MR) is 100 cm³/mol. The molecule has 3 rings (SSSR count). The van der Waals surface area contributed by atoms with Gasteiger partial charge in [0.25, 0.3) is 10.0 Å². The Morgan fingerprint density at radius 3 is 2.52 bits per heavy atom. The van der Waals surface area contributed by atoms with Crippen molar-refractivity contribution < 1.29 is 13.2 Å². The van der Waals surface area contributed by atoms with Crippen LogP contribution in [-0.2, 0) is 16.6 Å². The van der Waals surface area contributed by atoms with Crippen LogP contribution in [0, 0.1) is 0 Å². The fraction of sp³-hybridized carbons (Fsp3) is 0.167. The smallest absolute Gasteiger partial charge is 0.264 e. The van der Waals surface area contributed by atoms with Crippen molar-refractivity contribution in [1.82, 2.24) is 4.72 Å². The van der Waals surface area contributed by atoms with Crippen molar-refractivity contribution in [2.24, 2.45) is 4.99 Å². The molecular formula is C18H17ClN2O3S. The third-order valence-corrected chi connectivity index (χ3v) is 5.64. The number of hydrogen-bond acceptors (Lipinski definition) is 4. The quantitative estimate of drug-likeness (QED) is 0.886. The van der Waals surface area contributed by atoms with E-state index in [4.69, 9.17) is 16.3 Å². The molecular weight excluding hydrogens is 360 g/mol. The molecule has 0 unspecified atom stereocenters. The molecule has 2 aromatic carbocycles. The van der Waals surface area contributed by atoms with Crippen LogP contribution < -0.4 is 9.46 Å². The number of amidine groups is 1. The maximum atomic E-state index is 12.5. The second-order valence-electron chi connectivity index (χ2n) is 5.58. The Kier molecular flexibility index (Phi) is 4.83. The first-order valence-corrected chi connectivity index (χ1v) is 9.44. The van der Waals surface area contributed by atoms with Gasteiger partial charge in [0.1, 0.15) is 16.5 Å². The number of nitrogens with zero attached hydrogens (tertiary/aromatic N) is 1. The predicted octanol–water partition coefficient (Wildman–Crippen LogP) is 3.61. The summed E-state index contributed by atoms with van der Waals surface area (Å²) in [5.41, 5.74) is 2.08. The molecule has 0 saturated carbocycles. The largest absolute Gasteiger partial charge is 0.497 e. The van der Waals surface area contributed by atoms with Crippen LogP contribution in [0.3, 0.4) is 0 Å². The van der Waals surface area contributed by atoms with Gasteiger partial charge in [0.05, 0.1) is 13.7 Å². The van der Waals surface area contributed by atoms with Crippen LogP contribution in [0.4, 0.5) is 0 Å². The molecule has 1 N–H and O–H groups in total. The van der Waals surface area contributed by atoms with Crippen LogP contribution in [0.25, 0.3) is 4.91 Å². The van der Waals surface area contributed by atoms with Gasteiger partial charge in [-0.3, -0.25) is 9.71 Å². The van der Waals surface area contributed by atoms with Crippen LogP contribution >= 0.6 is 11.6 Å². The van der Waals surface area contributed by atoms with Gasteiger partial charge in [-0.1, -0.05) is 35.9 Å². The van der Waals surface area contributed by atoms with Crippen molar-refractivity contribution in [2.45, 2.75) is 13.5 Å². The lowest BCUT2D eigenvalue weighted by Crippen LogP contribution is -2.23. The van der Waals surface area contributed by atoms with E-state index in [1.165, 1.54) is 0 Å². The van der Waals surface area contributed by atoms with Crippen molar-refractivity contribution in [3.05, 3.63) is 70.3 Å². The van der Waals surface area contributed by atoms with E-state index in [-0.39, 0.29) is 4.91 Å². The zero-order valence-corrected chi connectivity index (χ0v) is 15.4. The first kappa shape index (κ1) is 17.5. The Balaban J connectivity index is 1.92. The van der Waals surface area contributed by atoms with Gasteiger partial charge in [-0.2, -0.15) is 0 Å². The van der Waals surface area contributed by atoms with Crippen LogP contribution in [0.2, 0.25) is 5.02 Å².